The number of carbonyl (C=O) groups is 2. The SMILES string of the molecule is CCCCCC(=O)NCc1cccc(-c2nc(C(=O)O)cs2)c1. The summed E-state index contributed by atoms with van der Waals surface area (Å²) in [5, 5.41) is 14.0. The molecule has 0 bridgehead atoms. The quantitative estimate of drug-likeness (QED) is 0.722. The minimum Gasteiger partial charge on any atom is -0.476 e. The van der Waals surface area contributed by atoms with Gasteiger partial charge in [0.1, 0.15) is 5.01 Å². The average Bonchev–Trinajstić information content (AvgIpc) is 3.04. The third-order valence-electron chi connectivity index (χ3n) is 3.39. The molecule has 0 saturated heterocycles. The molecule has 0 aliphatic rings. The number of rotatable bonds is 8. The van der Waals surface area contributed by atoms with Gasteiger partial charge < -0.3 is 10.4 Å². The maximum absolute atomic E-state index is 11.7. The molecule has 0 aliphatic heterocycles. The minimum atomic E-state index is -1.03. The third-order valence-corrected chi connectivity index (χ3v) is 4.29. The van der Waals surface area contributed by atoms with Crippen LogP contribution in [0.15, 0.2) is 29.6 Å². The van der Waals surface area contributed by atoms with Crippen molar-refractivity contribution < 1.29 is 14.7 Å². The number of nitrogens with one attached hydrogen (secondary N) is 1. The van der Waals surface area contributed by atoms with Gasteiger partial charge >= 0.3 is 5.97 Å². The van der Waals surface area contributed by atoms with Crippen LogP contribution >= 0.6 is 11.3 Å². The highest BCUT2D eigenvalue weighted by Crippen LogP contribution is 2.24. The number of thiazole rings is 1. The van der Waals surface area contributed by atoms with Crippen molar-refractivity contribution in [1.82, 2.24) is 10.3 Å². The molecule has 0 fully saturated rings. The minimum absolute atomic E-state index is 0.0552. The predicted molar refractivity (Wildman–Crippen MR) is 90.5 cm³/mol. The maximum atomic E-state index is 11.7. The Bertz CT molecular complexity index is 682. The largest absolute Gasteiger partial charge is 0.476 e. The van der Waals surface area contributed by atoms with Crippen LogP contribution in [0, 0.1) is 0 Å². The Kier molecular flexibility index (Phi) is 6.29. The number of aromatic carboxylic acids is 1. The summed E-state index contributed by atoms with van der Waals surface area (Å²) in [6, 6.07) is 7.63. The fourth-order valence-electron chi connectivity index (χ4n) is 2.14. The van der Waals surface area contributed by atoms with Gasteiger partial charge in [0.05, 0.1) is 0 Å². The average molecular weight is 332 g/mol. The van der Waals surface area contributed by atoms with Gasteiger partial charge in [0.25, 0.3) is 0 Å². The van der Waals surface area contributed by atoms with E-state index in [1.54, 1.807) is 0 Å². The summed E-state index contributed by atoms with van der Waals surface area (Å²) in [5.74, 6) is -0.964. The van der Waals surface area contributed by atoms with Crippen LogP contribution < -0.4 is 5.32 Å². The number of benzene rings is 1. The van der Waals surface area contributed by atoms with Crippen LogP contribution in [0.1, 0.15) is 48.7 Å². The lowest BCUT2D eigenvalue weighted by molar-refractivity contribution is -0.121. The summed E-state index contributed by atoms with van der Waals surface area (Å²) in [4.78, 5) is 26.7. The van der Waals surface area contributed by atoms with E-state index in [-0.39, 0.29) is 11.6 Å². The molecular weight excluding hydrogens is 312 g/mol. The van der Waals surface area contributed by atoms with E-state index in [1.807, 2.05) is 24.3 Å². The lowest BCUT2D eigenvalue weighted by atomic mass is 10.1. The first-order valence-corrected chi connectivity index (χ1v) is 8.53. The summed E-state index contributed by atoms with van der Waals surface area (Å²) >= 11 is 1.30. The molecular formula is C17H20N2O3S. The van der Waals surface area contributed by atoms with E-state index in [0.717, 1.165) is 30.4 Å². The standard InChI is InChI=1S/C17H20N2O3S/c1-2-3-4-8-15(20)18-10-12-6-5-7-13(9-12)16-19-14(11-23-16)17(21)22/h5-7,9,11H,2-4,8,10H2,1H3,(H,18,20)(H,21,22). The highest BCUT2D eigenvalue weighted by atomic mass is 32.1. The van der Waals surface area contributed by atoms with Crippen molar-refractivity contribution in [2.24, 2.45) is 0 Å². The first-order chi connectivity index (χ1) is 11.1. The molecule has 0 radical (unpaired) electrons. The zero-order chi connectivity index (χ0) is 16.7. The molecule has 1 aromatic heterocycles. The Morgan fingerprint density at radius 1 is 1.30 bits per heavy atom. The summed E-state index contributed by atoms with van der Waals surface area (Å²) in [6.07, 6.45) is 3.64. The molecule has 5 nitrogen and oxygen atoms in total. The van der Waals surface area contributed by atoms with Crippen molar-refractivity contribution in [3.63, 3.8) is 0 Å². The van der Waals surface area contributed by atoms with E-state index in [4.69, 9.17) is 5.11 Å². The molecule has 6 heteroatoms. The number of carbonyl (C=O) groups excluding carboxylic acids is 1. The maximum Gasteiger partial charge on any atom is 0.355 e. The number of carboxylic acids is 1. The molecule has 2 N–H and O–H groups in total. The molecule has 23 heavy (non-hydrogen) atoms. The van der Waals surface area contributed by atoms with Gasteiger partial charge in [0.15, 0.2) is 5.69 Å². The third kappa shape index (κ3) is 5.17. The molecule has 2 aromatic rings. The van der Waals surface area contributed by atoms with Crippen molar-refractivity contribution in [3.05, 3.63) is 40.9 Å². The number of nitrogens with zero attached hydrogens (tertiary/aromatic N) is 1. The fraction of sp³-hybridized carbons (Fsp3) is 0.353. The lowest BCUT2D eigenvalue weighted by Crippen LogP contribution is -2.22. The van der Waals surface area contributed by atoms with E-state index >= 15 is 0 Å². The van der Waals surface area contributed by atoms with Crippen molar-refractivity contribution in [2.45, 2.75) is 39.2 Å². The Balaban J connectivity index is 1.96. The molecule has 2 rings (SSSR count). The number of hydrogen-bond acceptors (Lipinski definition) is 4. The lowest BCUT2D eigenvalue weighted by Gasteiger charge is -2.06. The second kappa shape index (κ2) is 8.43. The van der Waals surface area contributed by atoms with Gasteiger partial charge in [0, 0.05) is 23.9 Å². The van der Waals surface area contributed by atoms with Gasteiger partial charge in [-0.25, -0.2) is 9.78 Å². The first-order valence-electron chi connectivity index (χ1n) is 7.65. The van der Waals surface area contributed by atoms with E-state index in [2.05, 4.69) is 17.2 Å². The normalized spacial score (nSPS) is 10.5. The van der Waals surface area contributed by atoms with Gasteiger partial charge in [0.2, 0.25) is 5.91 Å². The molecule has 0 spiro atoms. The van der Waals surface area contributed by atoms with Crippen LogP contribution in [0.25, 0.3) is 10.6 Å². The van der Waals surface area contributed by atoms with E-state index in [1.165, 1.54) is 16.7 Å². The van der Waals surface area contributed by atoms with Crippen LogP contribution in [0.5, 0.6) is 0 Å². The Labute approximate surface area is 139 Å². The Morgan fingerprint density at radius 3 is 2.83 bits per heavy atom. The Morgan fingerprint density at radius 2 is 2.13 bits per heavy atom. The molecule has 0 unspecified atom stereocenters. The molecule has 0 aliphatic carbocycles. The highest BCUT2D eigenvalue weighted by molar-refractivity contribution is 7.13. The molecule has 0 atom stereocenters. The monoisotopic (exact) mass is 332 g/mol. The van der Waals surface area contributed by atoms with Crippen LogP contribution in [0.2, 0.25) is 0 Å². The zero-order valence-corrected chi connectivity index (χ0v) is 13.9. The van der Waals surface area contributed by atoms with E-state index in [0.29, 0.717) is 18.0 Å². The second-order valence-corrected chi connectivity index (χ2v) is 6.14. The molecule has 0 saturated carbocycles. The van der Waals surface area contributed by atoms with E-state index in [9.17, 15) is 9.59 Å². The van der Waals surface area contributed by atoms with Gasteiger partial charge in [-0.3, -0.25) is 4.79 Å². The van der Waals surface area contributed by atoms with Gasteiger partial charge in [-0.2, -0.15) is 0 Å². The smallest absolute Gasteiger partial charge is 0.355 e. The first kappa shape index (κ1) is 17.1. The van der Waals surface area contributed by atoms with Crippen LogP contribution in [-0.2, 0) is 11.3 Å². The predicted octanol–water partition coefficient (Wildman–Crippen LogP) is 3.70. The van der Waals surface area contributed by atoms with Crippen molar-refractivity contribution in [1.29, 1.82) is 0 Å². The van der Waals surface area contributed by atoms with Gasteiger partial charge in [-0.05, 0) is 18.1 Å². The highest BCUT2D eigenvalue weighted by Gasteiger charge is 2.10. The van der Waals surface area contributed by atoms with E-state index < -0.39 is 5.97 Å². The number of carboxylic acid groups (broad SMARTS) is 1. The van der Waals surface area contributed by atoms with Crippen LogP contribution in [0.4, 0.5) is 0 Å². The number of unbranched alkanes of at least 4 members (excludes halogenated alkanes) is 2. The van der Waals surface area contributed by atoms with Crippen molar-refractivity contribution in [3.8, 4) is 10.6 Å². The fourth-order valence-corrected chi connectivity index (χ4v) is 2.93. The number of hydrogen-bond donors (Lipinski definition) is 2. The summed E-state index contributed by atoms with van der Waals surface area (Å²) in [7, 11) is 0. The summed E-state index contributed by atoms with van der Waals surface area (Å²) < 4.78 is 0. The molecule has 1 aromatic carbocycles. The van der Waals surface area contributed by atoms with Gasteiger partial charge in [-0.15, -0.1) is 11.3 Å². The molecule has 1 heterocycles. The molecule has 122 valence electrons. The number of aromatic nitrogens is 1. The summed E-state index contributed by atoms with van der Waals surface area (Å²) in [5.41, 5.74) is 1.89. The van der Waals surface area contributed by atoms with Crippen molar-refractivity contribution in [2.75, 3.05) is 0 Å². The van der Waals surface area contributed by atoms with Crippen LogP contribution in [0.3, 0.4) is 0 Å². The second-order valence-electron chi connectivity index (χ2n) is 5.28. The Hall–Kier alpha value is -2.21. The topological polar surface area (TPSA) is 79.3 Å². The van der Waals surface area contributed by atoms with Crippen molar-refractivity contribution >= 4 is 23.2 Å². The van der Waals surface area contributed by atoms with Gasteiger partial charge in [-0.1, -0.05) is 38.0 Å². The molecule has 1 amide bonds. The number of amides is 1. The van der Waals surface area contributed by atoms with Crippen LogP contribution in [-0.4, -0.2) is 22.0 Å². The zero-order valence-electron chi connectivity index (χ0n) is 13.0. The summed E-state index contributed by atoms with van der Waals surface area (Å²) in [6.45, 7) is 2.58.